The van der Waals surface area contributed by atoms with E-state index in [0.717, 1.165) is 0 Å². The minimum absolute atomic E-state index is 0.418. The minimum atomic E-state index is 0.418. The van der Waals surface area contributed by atoms with E-state index in [2.05, 4.69) is 0 Å². The molecule has 2 rings (SSSR count). The molecule has 0 atom stereocenters. The average molecular weight is 260 g/mol. The van der Waals surface area contributed by atoms with Gasteiger partial charge >= 0.3 is 0 Å². The monoisotopic (exact) mass is 260 g/mol. The van der Waals surface area contributed by atoms with E-state index in [9.17, 15) is 0 Å². The third kappa shape index (κ3) is 2.49. The molecule has 0 bridgehead atoms. The zero-order valence-corrected chi connectivity index (χ0v) is 10.8. The Labute approximate surface area is 111 Å². The Balaban J connectivity index is 2.47. The van der Waals surface area contributed by atoms with Crippen molar-refractivity contribution in [2.75, 3.05) is 25.7 Å². The molecule has 0 fully saturated rings. The van der Waals surface area contributed by atoms with Gasteiger partial charge in [0.25, 0.3) is 0 Å². The molecule has 0 heterocycles. The van der Waals surface area contributed by atoms with Crippen molar-refractivity contribution < 1.29 is 14.2 Å². The Morgan fingerprint density at radius 2 is 1.16 bits per heavy atom. The lowest BCUT2D eigenvalue weighted by Crippen LogP contribution is -1.99. The summed E-state index contributed by atoms with van der Waals surface area (Å²) in [4.78, 5) is 0. The Morgan fingerprint density at radius 1 is 0.737 bits per heavy atom. The molecule has 0 aliphatic rings. The number of methoxy groups -OCH3 is 2. The number of anilines is 2. The zero-order valence-electron chi connectivity index (χ0n) is 10.8. The van der Waals surface area contributed by atoms with E-state index in [1.165, 1.54) is 0 Å². The van der Waals surface area contributed by atoms with Crippen molar-refractivity contribution in [3.8, 4) is 23.0 Å². The molecule has 0 saturated carbocycles. The van der Waals surface area contributed by atoms with Crippen LogP contribution in [0.15, 0.2) is 36.4 Å². The quantitative estimate of drug-likeness (QED) is 0.826. The van der Waals surface area contributed by atoms with Crippen LogP contribution in [0.4, 0.5) is 11.4 Å². The summed E-state index contributed by atoms with van der Waals surface area (Å²) >= 11 is 0. The molecule has 0 unspecified atom stereocenters. The fraction of sp³-hybridized carbons (Fsp3) is 0.143. The highest BCUT2D eigenvalue weighted by Gasteiger charge is 2.14. The van der Waals surface area contributed by atoms with Crippen LogP contribution in [0.3, 0.4) is 0 Å². The molecule has 100 valence electrons. The molecule has 0 aromatic heterocycles. The van der Waals surface area contributed by atoms with E-state index < -0.39 is 0 Å². The molecule has 19 heavy (non-hydrogen) atoms. The molecule has 0 spiro atoms. The number of benzene rings is 2. The predicted octanol–water partition coefficient (Wildman–Crippen LogP) is 2.66. The third-order valence-electron chi connectivity index (χ3n) is 2.66. The van der Waals surface area contributed by atoms with Crippen LogP contribution in [0.2, 0.25) is 0 Å². The van der Waals surface area contributed by atoms with E-state index in [1.807, 2.05) is 0 Å². The second-order valence-electron chi connectivity index (χ2n) is 3.86. The van der Waals surface area contributed by atoms with Gasteiger partial charge in [-0.1, -0.05) is 12.1 Å². The standard InChI is InChI=1S/C14H16N2O3/c1-17-11-7-3-5-9(15)13(11)19-14-10(16)6-4-8-12(14)18-2/h3-8H,15-16H2,1-2H3. The second-order valence-corrected chi connectivity index (χ2v) is 3.86. The van der Waals surface area contributed by atoms with Crippen molar-refractivity contribution in [3.05, 3.63) is 36.4 Å². The maximum Gasteiger partial charge on any atom is 0.192 e. The van der Waals surface area contributed by atoms with E-state index in [4.69, 9.17) is 25.7 Å². The molecule has 0 aliphatic heterocycles. The van der Waals surface area contributed by atoms with Gasteiger partial charge in [0.2, 0.25) is 0 Å². The smallest absolute Gasteiger partial charge is 0.192 e. The Morgan fingerprint density at radius 3 is 1.53 bits per heavy atom. The topological polar surface area (TPSA) is 79.7 Å². The minimum Gasteiger partial charge on any atom is -0.493 e. The Bertz CT molecular complexity index is 533. The highest BCUT2D eigenvalue weighted by molar-refractivity contribution is 5.66. The van der Waals surface area contributed by atoms with Crippen LogP contribution in [0, 0.1) is 0 Å². The summed E-state index contributed by atoms with van der Waals surface area (Å²) in [5.41, 5.74) is 12.7. The number of rotatable bonds is 4. The number of hydrogen-bond donors (Lipinski definition) is 2. The molecule has 4 N–H and O–H groups in total. The van der Waals surface area contributed by atoms with Gasteiger partial charge in [-0.15, -0.1) is 0 Å². The lowest BCUT2D eigenvalue weighted by atomic mass is 10.2. The van der Waals surface area contributed by atoms with Crippen molar-refractivity contribution in [2.24, 2.45) is 0 Å². The van der Waals surface area contributed by atoms with Gasteiger partial charge in [0.15, 0.2) is 23.0 Å². The molecule has 0 radical (unpaired) electrons. The summed E-state index contributed by atoms with van der Waals surface area (Å²) in [6.45, 7) is 0. The second kappa shape index (κ2) is 5.39. The number of nitrogen functional groups attached to an aromatic ring is 2. The van der Waals surface area contributed by atoms with Crippen molar-refractivity contribution >= 4 is 11.4 Å². The first kappa shape index (κ1) is 12.9. The Kier molecular flexibility index (Phi) is 3.66. The van der Waals surface area contributed by atoms with Crippen LogP contribution >= 0.6 is 0 Å². The molecule has 5 nitrogen and oxygen atoms in total. The van der Waals surface area contributed by atoms with E-state index in [-0.39, 0.29) is 0 Å². The van der Waals surface area contributed by atoms with E-state index in [0.29, 0.717) is 34.4 Å². The van der Waals surface area contributed by atoms with Gasteiger partial charge in [0.05, 0.1) is 25.6 Å². The number of para-hydroxylation sites is 2. The van der Waals surface area contributed by atoms with Crippen LogP contribution in [-0.2, 0) is 0 Å². The van der Waals surface area contributed by atoms with Gasteiger partial charge in [-0.25, -0.2) is 0 Å². The molecular weight excluding hydrogens is 244 g/mol. The average Bonchev–Trinajstić information content (AvgIpc) is 2.42. The maximum absolute atomic E-state index is 5.90. The van der Waals surface area contributed by atoms with Crippen molar-refractivity contribution in [3.63, 3.8) is 0 Å². The number of ether oxygens (including phenoxy) is 3. The van der Waals surface area contributed by atoms with Gasteiger partial charge in [0, 0.05) is 0 Å². The normalized spacial score (nSPS) is 10.0. The Hall–Kier alpha value is -2.56. The third-order valence-corrected chi connectivity index (χ3v) is 2.66. The summed E-state index contributed by atoms with van der Waals surface area (Å²) in [5.74, 6) is 1.90. The molecular formula is C14H16N2O3. The highest BCUT2D eigenvalue weighted by Crippen LogP contribution is 2.42. The molecule has 0 amide bonds. The first-order valence-corrected chi connectivity index (χ1v) is 5.70. The van der Waals surface area contributed by atoms with Crippen molar-refractivity contribution in [2.45, 2.75) is 0 Å². The van der Waals surface area contributed by atoms with Crippen LogP contribution in [-0.4, -0.2) is 14.2 Å². The van der Waals surface area contributed by atoms with Gasteiger partial charge in [-0.3, -0.25) is 0 Å². The number of hydrogen-bond acceptors (Lipinski definition) is 5. The predicted molar refractivity (Wildman–Crippen MR) is 74.9 cm³/mol. The van der Waals surface area contributed by atoms with Crippen LogP contribution in [0.1, 0.15) is 0 Å². The van der Waals surface area contributed by atoms with E-state index >= 15 is 0 Å². The maximum atomic E-state index is 5.90. The lowest BCUT2D eigenvalue weighted by Gasteiger charge is -2.15. The van der Waals surface area contributed by atoms with Crippen molar-refractivity contribution in [1.82, 2.24) is 0 Å². The van der Waals surface area contributed by atoms with Gasteiger partial charge in [-0.05, 0) is 24.3 Å². The fourth-order valence-electron chi connectivity index (χ4n) is 1.71. The first-order chi connectivity index (χ1) is 9.17. The lowest BCUT2D eigenvalue weighted by molar-refractivity contribution is 0.358. The summed E-state index contributed by atoms with van der Waals surface area (Å²) < 4.78 is 16.2. The molecule has 5 heteroatoms. The summed E-state index contributed by atoms with van der Waals surface area (Å²) in [7, 11) is 3.10. The molecule has 2 aromatic carbocycles. The fourth-order valence-corrected chi connectivity index (χ4v) is 1.71. The first-order valence-electron chi connectivity index (χ1n) is 5.70. The van der Waals surface area contributed by atoms with E-state index in [1.54, 1.807) is 50.6 Å². The summed E-state index contributed by atoms with van der Waals surface area (Å²) in [5, 5.41) is 0. The zero-order chi connectivity index (χ0) is 13.8. The van der Waals surface area contributed by atoms with Crippen LogP contribution < -0.4 is 25.7 Å². The van der Waals surface area contributed by atoms with Gasteiger partial charge in [-0.2, -0.15) is 0 Å². The number of nitrogens with two attached hydrogens (primary N) is 2. The largest absolute Gasteiger partial charge is 0.493 e. The highest BCUT2D eigenvalue weighted by atomic mass is 16.5. The SMILES string of the molecule is COc1cccc(N)c1Oc1c(N)cccc1OC. The molecule has 0 saturated heterocycles. The van der Waals surface area contributed by atoms with Crippen LogP contribution in [0.5, 0.6) is 23.0 Å². The van der Waals surface area contributed by atoms with Gasteiger partial charge in [0.1, 0.15) is 0 Å². The van der Waals surface area contributed by atoms with Crippen LogP contribution in [0.25, 0.3) is 0 Å². The summed E-state index contributed by atoms with van der Waals surface area (Å²) in [6, 6.07) is 10.5. The molecule has 2 aromatic rings. The van der Waals surface area contributed by atoms with Gasteiger partial charge < -0.3 is 25.7 Å². The van der Waals surface area contributed by atoms with Crippen molar-refractivity contribution in [1.29, 1.82) is 0 Å². The molecule has 0 aliphatic carbocycles. The summed E-state index contributed by atoms with van der Waals surface area (Å²) in [6.07, 6.45) is 0.